The molecule has 0 spiro atoms. The summed E-state index contributed by atoms with van der Waals surface area (Å²) in [5.74, 6) is -0.384. The number of carbonyl (C=O) groups is 1. The van der Waals surface area contributed by atoms with Gasteiger partial charge in [0.1, 0.15) is 4.48 Å². The van der Waals surface area contributed by atoms with Gasteiger partial charge in [-0.3, -0.25) is 0 Å². The van der Waals surface area contributed by atoms with Crippen molar-refractivity contribution in [1.82, 2.24) is 0 Å². The van der Waals surface area contributed by atoms with Crippen molar-refractivity contribution < 1.29 is 14.3 Å². The van der Waals surface area contributed by atoms with Crippen LogP contribution >= 0.6 is 27.7 Å². The average Bonchev–Trinajstić information content (AvgIpc) is 2.58. The van der Waals surface area contributed by atoms with Crippen molar-refractivity contribution in [3.63, 3.8) is 0 Å². The summed E-state index contributed by atoms with van der Waals surface area (Å²) in [4.78, 5) is 13.1. The van der Waals surface area contributed by atoms with Gasteiger partial charge < -0.3 is 9.47 Å². The number of cyclic esters (lactones) is 1. The minimum Gasteiger partial charge on any atom is -0.427 e. The van der Waals surface area contributed by atoms with Crippen molar-refractivity contribution in [2.75, 3.05) is 7.11 Å². The van der Waals surface area contributed by atoms with Crippen molar-refractivity contribution in [2.45, 2.75) is 11.2 Å². The van der Waals surface area contributed by atoms with E-state index < -0.39 is 6.29 Å². The lowest BCUT2D eigenvalue weighted by molar-refractivity contribution is -0.154. The van der Waals surface area contributed by atoms with Gasteiger partial charge in [-0.25, -0.2) is 4.79 Å². The summed E-state index contributed by atoms with van der Waals surface area (Å²) in [6.07, 6.45) is -0.605. The third kappa shape index (κ3) is 2.31. The van der Waals surface area contributed by atoms with E-state index in [1.165, 1.54) is 18.9 Å². The zero-order valence-electron chi connectivity index (χ0n) is 8.48. The predicted octanol–water partition coefficient (Wildman–Crippen LogP) is 2.91. The van der Waals surface area contributed by atoms with Crippen LogP contribution in [0, 0.1) is 0 Å². The number of rotatable bonds is 3. The van der Waals surface area contributed by atoms with Crippen LogP contribution in [0.25, 0.3) is 0 Å². The van der Waals surface area contributed by atoms with E-state index in [-0.39, 0.29) is 5.97 Å². The highest BCUT2D eigenvalue weighted by molar-refractivity contribution is 9.12. The van der Waals surface area contributed by atoms with Crippen molar-refractivity contribution in [3.8, 4) is 0 Å². The van der Waals surface area contributed by atoms with E-state index in [2.05, 4.69) is 15.9 Å². The van der Waals surface area contributed by atoms with E-state index in [9.17, 15) is 4.79 Å². The molecule has 1 unspecified atom stereocenters. The molecule has 1 atom stereocenters. The summed E-state index contributed by atoms with van der Waals surface area (Å²) in [6, 6.07) is 9.75. The van der Waals surface area contributed by atoms with Gasteiger partial charge in [-0.2, -0.15) is 0 Å². The number of hydrogen-bond acceptors (Lipinski definition) is 4. The maximum atomic E-state index is 11.3. The van der Waals surface area contributed by atoms with Gasteiger partial charge >= 0.3 is 5.97 Å². The molecule has 0 radical (unpaired) electrons. The van der Waals surface area contributed by atoms with Crippen LogP contribution in [0.15, 0.2) is 44.6 Å². The van der Waals surface area contributed by atoms with Crippen LogP contribution in [0.2, 0.25) is 0 Å². The minimum atomic E-state index is -0.605. The molecule has 2 rings (SSSR count). The zero-order chi connectivity index (χ0) is 11.5. The Labute approximate surface area is 106 Å². The third-order valence-electron chi connectivity index (χ3n) is 2.01. The maximum absolute atomic E-state index is 11.3. The zero-order valence-corrected chi connectivity index (χ0v) is 10.9. The first-order valence-corrected chi connectivity index (χ1v) is 6.19. The van der Waals surface area contributed by atoms with Gasteiger partial charge in [0.15, 0.2) is 0 Å². The molecule has 0 bridgehead atoms. The highest BCUT2D eigenvalue weighted by Gasteiger charge is 2.33. The fraction of sp³-hybridized carbons (Fsp3) is 0.182. The van der Waals surface area contributed by atoms with E-state index in [0.29, 0.717) is 4.48 Å². The number of halogens is 1. The monoisotopic (exact) mass is 300 g/mol. The Morgan fingerprint density at radius 3 is 2.69 bits per heavy atom. The molecule has 3 nitrogen and oxygen atoms in total. The van der Waals surface area contributed by atoms with Crippen LogP contribution in [0.5, 0.6) is 0 Å². The van der Waals surface area contributed by atoms with Crippen molar-refractivity contribution in [1.29, 1.82) is 0 Å². The maximum Gasteiger partial charge on any atom is 0.348 e. The highest BCUT2D eigenvalue weighted by atomic mass is 79.9. The minimum absolute atomic E-state index is 0.384. The number of benzene rings is 1. The van der Waals surface area contributed by atoms with E-state index in [0.717, 1.165) is 9.80 Å². The van der Waals surface area contributed by atoms with Crippen LogP contribution in [-0.2, 0) is 14.3 Å². The lowest BCUT2D eigenvalue weighted by atomic mass is 10.4. The fourth-order valence-electron chi connectivity index (χ4n) is 1.27. The summed E-state index contributed by atoms with van der Waals surface area (Å²) in [5.41, 5.74) is 0. The standard InChI is InChI=1S/C11H9BrO3S/c1-14-11-9(8(12)10(13)15-11)16-7-5-3-2-4-6-7/h2-6,11H,1H3. The summed E-state index contributed by atoms with van der Waals surface area (Å²) < 4.78 is 10.5. The Bertz CT molecular complexity index is 430. The molecule has 1 aliphatic rings. The topological polar surface area (TPSA) is 35.5 Å². The molecular formula is C11H9BrO3S. The normalized spacial score (nSPS) is 20.1. The number of carbonyl (C=O) groups excluding carboxylic acids is 1. The van der Waals surface area contributed by atoms with E-state index in [4.69, 9.17) is 9.47 Å². The van der Waals surface area contributed by atoms with Crippen LogP contribution in [0.4, 0.5) is 0 Å². The van der Waals surface area contributed by atoms with Crippen molar-refractivity contribution in [2.24, 2.45) is 0 Å². The molecule has 5 heteroatoms. The Kier molecular flexibility index (Phi) is 3.68. The lowest BCUT2D eigenvalue weighted by Gasteiger charge is -2.10. The van der Waals surface area contributed by atoms with Crippen LogP contribution < -0.4 is 0 Å². The molecular weight excluding hydrogens is 292 g/mol. The molecule has 1 aromatic carbocycles. The molecule has 0 aliphatic carbocycles. The van der Waals surface area contributed by atoms with Crippen molar-refractivity contribution >= 4 is 33.7 Å². The SMILES string of the molecule is COC1OC(=O)C(Br)=C1Sc1ccccc1. The quantitative estimate of drug-likeness (QED) is 0.804. The van der Waals surface area contributed by atoms with Crippen LogP contribution in [0.1, 0.15) is 0 Å². The molecule has 16 heavy (non-hydrogen) atoms. The van der Waals surface area contributed by atoms with Gasteiger partial charge in [-0.1, -0.05) is 30.0 Å². The first-order valence-electron chi connectivity index (χ1n) is 4.58. The Morgan fingerprint density at radius 1 is 1.38 bits per heavy atom. The molecule has 0 amide bonds. The van der Waals surface area contributed by atoms with Gasteiger partial charge in [-0.15, -0.1) is 0 Å². The molecule has 0 saturated carbocycles. The molecule has 0 saturated heterocycles. The Morgan fingerprint density at radius 2 is 2.06 bits per heavy atom. The Hall–Kier alpha value is -0.780. The van der Waals surface area contributed by atoms with Crippen molar-refractivity contribution in [3.05, 3.63) is 39.7 Å². The van der Waals surface area contributed by atoms with Gasteiger partial charge in [-0.05, 0) is 28.1 Å². The lowest BCUT2D eigenvalue weighted by Crippen LogP contribution is -2.12. The fourth-order valence-corrected chi connectivity index (χ4v) is 2.75. The number of thioether (sulfide) groups is 1. The van der Waals surface area contributed by atoms with Crippen LogP contribution in [0.3, 0.4) is 0 Å². The smallest absolute Gasteiger partial charge is 0.348 e. The first-order chi connectivity index (χ1) is 7.72. The summed E-state index contributed by atoms with van der Waals surface area (Å²) in [7, 11) is 1.51. The second-order valence-electron chi connectivity index (χ2n) is 3.07. The van der Waals surface area contributed by atoms with Gasteiger partial charge in [0.2, 0.25) is 6.29 Å². The van der Waals surface area contributed by atoms with E-state index in [1.54, 1.807) is 0 Å². The number of ether oxygens (including phenoxy) is 2. The van der Waals surface area contributed by atoms with Gasteiger partial charge in [0, 0.05) is 12.0 Å². The number of hydrogen-bond donors (Lipinski definition) is 0. The first kappa shape index (κ1) is 11.7. The molecule has 1 heterocycles. The second-order valence-corrected chi connectivity index (χ2v) is 4.97. The molecule has 0 N–H and O–H groups in total. The summed E-state index contributed by atoms with van der Waals surface area (Å²) in [6.45, 7) is 0. The molecule has 0 fully saturated rings. The average molecular weight is 301 g/mol. The second kappa shape index (κ2) is 5.03. The number of methoxy groups -OCH3 is 1. The van der Waals surface area contributed by atoms with Crippen LogP contribution in [-0.4, -0.2) is 19.4 Å². The third-order valence-corrected chi connectivity index (χ3v) is 4.15. The summed E-state index contributed by atoms with van der Waals surface area (Å²) in [5, 5.41) is 0. The highest BCUT2D eigenvalue weighted by Crippen LogP contribution is 2.39. The molecule has 0 aromatic heterocycles. The summed E-state index contributed by atoms with van der Waals surface area (Å²) >= 11 is 4.67. The molecule has 1 aliphatic heterocycles. The molecule has 84 valence electrons. The number of esters is 1. The largest absolute Gasteiger partial charge is 0.427 e. The predicted molar refractivity (Wildman–Crippen MR) is 65.1 cm³/mol. The Balaban J connectivity index is 2.23. The van der Waals surface area contributed by atoms with E-state index in [1.807, 2.05) is 30.3 Å². The van der Waals surface area contributed by atoms with E-state index >= 15 is 0 Å². The van der Waals surface area contributed by atoms with Gasteiger partial charge in [0.05, 0.1) is 4.91 Å². The van der Waals surface area contributed by atoms with Gasteiger partial charge in [0.25, 0.3) is 0 Å². The molecule has 1 aromatic rings.